The van der Waals surface area contributed by atoms with Gasteiger partial charge in [0.2, 0.25) is 0 Å². The molecule has 0 saturated heterocycles. The van der Waals surface area contributed by atoms with Gasteiger partial charge in [-0.15, -0.1) is 0 Å². The number of urea groups is 1. The van der Waals surface area contributed by atoms with Gasteiger partial charge in [-0.3, -0.25) is 0 Å². The Bertz CT molecular complexity index is 515. The smallest absolute Gasteiger partial charge is 0.326 e. The molecule has 0 fully saturated rings. The highest BCUT2D eigenvalue weighted by atomic mass is 16.4. The first-order valence-electron chi connectivity index (χ1n) is 6.93. The summed E-state index contributed by atoms with van der Waals surface area (Å²) in [5.41, 5.74) is 2.72. The van der Waals surface area contributed by atoms with Crippen molar-refractivity contribution in [2.45, 2.75) is 32.7 Å². The second-order valence-corrected chi connectivity index (χ2v) is 5.17. The molecule has 0 spiro atoms. The van der Waals surface area contributed by atoms with Gasteiger partial charge in [0, 0.05) is 25.5 Å². The zero-order chi connectivity index (χ0) is 16.0. The van der Waals surface area contributed by atoms with Crippen LogP contribution in [-0.4, -0.2) is 37.2 Å². The third-order valence-electron chi connectivity index (χ3n) is 3.13. The van der Waals surface area contributed by atoms with Gasteiger partial charge in [-0.25, -0.2) is 9.59 Å². The summed E-state index contributed by atoms with van der Waals surface area (Å²) >= 11 is 0. The van der Waals surface area contributed by atoms with Gasteiger partial charge in [-0.1, -0.05) is 19.4 Å². The van der Waals surface area contributed by atoms with Crippen LogP contribution in [0.15, 0.2) is 18.2 Å². The fourth-order valence-corrected chi connectivity index (χ4v) is 2.04. The number of hydrogen-bond acceptors (Lipinski definition) is 3. The molecule has 0 saturated carbocycles. The lowest BCUT2D eigenvalue weighted by Gasteiger charge is -2.18. The molecule has 0 heterocycles. The van der Waals surface area contributed by atoms with Gasteiger partial charge in [0.1, 0.15) is 6.04 Å². The van der Waals surface area contributed by atoms with Crippen LogP contribution in [0.4, 0.5) is 16.2 Å². The normalized spacial score (nSPS) is 11.6. The first kappa shape index (κ1) is 16.8. The van der Waals surface area contributed by atoms with Gasteiger partial charge in [0.05, 0.1) is 0 Å². The predicted molar refractivity (Wildman–Crippen MR) is 84.0 cm³/mol. The van der Waals surface area contributed by atoms with Crippen LogP contribution in [0.25, 0.3) is 0 Å². The molecule has 3 N–H and O–H groups in total. The second kappa shape index (κ2) is 7.52. The second-order valence-electron chi connectivity index (χ2n) is 5.17. The highest BCUT2D eigenvalue weighted by Crippen LogP contribution is 2.22. The number of nitrogens with one attached hydrogen (secondary N) is 2. The molecule has 1 atom stereocenters. The molecule has 2 amide bonds. The molecule has 116 valence electrons. The summed E-state index contributed by atoms with van der Waals surface area (Å²) in [5.74, 6) is -1.02. The maximum atomic E-state index is 11.9. The van der Waals surface area contributed by atoms with Crippen LogP contribution in [0.2, 0.25) is 0 Å². The molecule has 0 aromatic heterocycles. The van der Waals surface area contributed by atoms with Gasteiger partial charge in [-0.05, 0) is 31.0 Å². The molecule has 0 aliphatic heterocycles. The van der Waals surface area contributed by atoms with Crippen LogP contribution >= 0.6 is 0 Å². The van der Waals surface area contributed by atoms with E-state index in [0.29, 0.717) is 18.5 Å². The SMILES string of the molecule is CCC[C@H](NC(=O)Nc1ccc(C)c(N(C)C)c1)C(=O)O. The molecule has 0 aliphatic carbocycles. The maximum absolute atomic E-state index is 11.9. The number of nitrogens with zero attached hydrogens (tertiary/aromatic N) is 1. The van der Waals surface area contributed by atoms with E-state index in [1.54, 1.807) is 6.07 Å². The summed E-state index contributed by atoms with van der Waals surface area (Å²) in [4.78, 5) is 24.8. The largest absolute Gasteiger partial charge is 0.480 e. The number of anilines is 2. The molecule has 1 aromatic rings. The van der Waals surface area contributed by atoms with Crippen LogP contribution < -0.4 is 15.5 Å². The van der Waals surface area contributed by atoms with Crippen molar-refractivity contribution >= 4 is 23.4 Å². The minimum atomic E-state index is -1.02. The summed E-state index contributed by atoms with van der Waals surface area (Å²) in [6.45, 7) is 3.86. The summed E-state index contributed by atoms with van der Waals surface area (Å²) in [6, 6.07) is 4.17. The highest BCUT2D eigenvalue weighted by Gasteiger charge is 2.18. The Kier molecular flexibility index (Phi) is 6.02. The quantitative estimate of drug-likeness (QED) is 0.752. The van der Waals surface area contributed by atoms with Crippen molar-refractivity contribution < 1.29 is 14.7 Å². The average Bonchev–Trinajstić information content (AvgIpc) is 2.40. The van der Waals surface area contributed by atoms with Crippen molar-refractivity contribution in [3.63, 3.8) is 0 Å². The number of benzene rings is 1. The number of carbonyl (C=O) groups is 2. The zero-order valence-electron chi connectivity index (χ0n) is 12.9. The molecule has 0 unspecified atom stereocenters. The van der Waals surface area contributed by atoms with Crippen molar-refractivity contribution in [3.8, 4) is 0 Å². The van der Waals surface area contributed by atoms with Gasteiger partial charge < -0.3 is 20.6 Å². The van der Waals surface area contributed by atoms with Crippen LogP contribution in [0, 0.1) is 6.92 Å². The van der Waals surface area contributed by atoms with E-state index in [1.807, 2.05) is 45.0 Å². The van der Waals surface area contributed by atoms with Crippen LogP contribution in [-0.2, 0) is 4.79 Å². The van der Waals surface area contributed by atoms with Crippen molar-refractivity contribution in [2.24, 2.45) is 0 Å². The standard InChI is InChI=1S/C15H23N3O3/c1-5-6-12(14(19)20)17-15(21)16-11-8-7-10(2)13(9-11)18(3)4/h7-9,12H,5-6H2,1-4H3,(H,19,20)(H2,16,17,21)/t12-/m0/s1. The summed E-state index contributed by atoms with van der Waals surface area (Å²) in [7, 11) is 3.85. The lowest BCUT2D eigenvalue weighted by molar-refractivity contribution is -0.139. The van der Waals surface area contributed by atoms with E-state index in [2.05, 4.69) is 10.6 Å². The molecule has 6 heteroatoms. The summed E-state index contributed by atoms with van der Waals surface area (Å²) in [5, 5.41) is 14.2. The molecule has 0 aliphatic rings. The number of aliphatic carboxylic acids is 1. The first-order chi connectivity index (χ1) is 9.85. The fraction of sp³-hybridized carbons (Fsp3) is 0.467. The fourth-order valence-electron chi connectivity index (χ4n) is 2.04. The monoisotopic (exact) mass is 293 g/mol. The van der Waals surface area contributed by atoms with E-state index in [9.17, 15) is 9.59 Å². The van der Waals surface area contributed by atoms with E-state index in [4.69, 9.17) is 5.11 Å². The Balaban J connectivity index is 2.74. The van der Waals surface area contributed by atoms with Crippen molar-refractivity contribution in [1.29, 1.82) is 0 Å². The summed E-state index contributed by atoms with van der Waals surface area (Å²) in [6.07, 6.45) is 1.09. The molecule has 0 radical (unpaired) electrons. The van der Waals surface area contributed by atoms with E-state index in [0.717, 1.165) is 11.3 Å². The van der Waals surface area contributed by atoms with Gasteiger partial charge in [0.25, 0.3) is 0 Å². The molecule has 0 bridgehead atoms. The number of carboxylic acid groups (broad SMARTS) is 1. The van der Waals surface area contributed by atoms with E-state index < -0.39 is 18.0 Å². The van der Waals surface area contributed by atoms with E-state index in [1.165, 1.54) is 0 Å². The average molecular weight is 293 g/mol. The van der Waals surface area contributed by atoms with Gasteiger partial charge >= 0.3 is 12.0 Å². The molecule has 21 heavy (non-hydrogen) atoms. The summed E-state index contributed by atoms with van der Waals surface area (Å²) < 4.78 is 0. The third kappa shape index (κ3) is 4.98. The number of carbonyl (C=O) groups excluding carboxylic acids is 1. The number of carboxylic acids is 1. The van der Waals surface area contributed by atoms with Gasteiger partial charge in [0.15, 0.2) is 0 Å². The number of rotatable bonds is 6. The Labute approximate surface area is 125 Å². The Morgan fingerprint density at radius 1 is 1.33 bits per heavy atom. The van der Waals surface area contributed by atoms with E-state index >= 15 is 0 Å². The Hall–Kier alpha value is -2.24. The lowest BCUT2D eigenvalue weighted by atomic mass is 10.1. The first-order valence-corrected chi connectivity index (χ1v) is 6.93. The van der Waals surface area contributed by atoms with Gasteiger partial charge in [-0.2, -0.15) is 0 Å². The van der Waals surface area contributed by atoms with Crippen molar-refractivity contribution in [2.75, 3.05) is 24.3 Å². The zero-order valence-corrected chi connectivity index (χ0v) is 12.9. The minimum absolute atomic E-state index is 0.402. The number of hydrogen-bond donors (Lipinski definition) is 3. The van der Waals surface area contributed by atoms with Crippen LogP contribution in [0.1, 0.15) is 25.3 Å². The maximum Gasteiger partial charge on any atom is 0.326 e. The molecular weight excluding hydrogens is 270 g/mol. The number of amides is 2. The molecule has 1 aromatic carbocycles. The van der Waals surface area contributed by atoms with Crippen LogP contribution in [0.5, 0.6) is 0 Å². The predicted octanol–water partition coefficient (Wildman–Crippen LogP) is 2.44. The topological polar surface area (TPSA) is 81.7 Å². The van der Waals surface area contributed by atoms with Crippen LogP contribution in [0.3, 0.4) is 0 Å². The molecular formula is C15H23N3O3. The van der Waals surface area contributed by atoms with Crippen molar-refractivity contribution in [3.05, 3.63) is 23.8 Å². The highest BCUT2D eigenvalue weighted by molar-refractivity contribution is 5.92. The number of aryl methyl sites for hydroxylation is 1. The van der Waals surface area contributed by atoms with Crippen molar-refractivity contribution in [1.82, 2.24) is 5.32 Å². The molecule has 6 nitrogen and oxygen atoms in total. The van der Waals surface area contributed by atoms with E-state index in [-0.39, 0.29) is 0 Å². The Morgan fingerprint density at radius 3 is 2.52 bits per heavy atom. The lowest BCUT2D eigenvalue weighted by Crippen LogP contribution is -2.42. The third-order valence-corrected chi connectivity index (χ3v) is 3.13. The minimum Gasteiger partial charge on any atom is -0.480 e. The Morgan fingerprint density at radius 2 is 2.00 bits per heavy atom. The molecule has 1 rings (SSSR count).